The fourth-order valence-corrected chi connectivity index (χ4v) is 5.33. The van der Waals surface area contributed by atoms with Crippen molar-refractivity contribution in [2.75, 3.05) is 5.32 Å². The summed E-state index contributed by atoms with van der Waals surface area (Å²) in [7, 11) is -3.82. The predicted molar refractivity (Wildman–Crippen MR) is 118 cm³/mol. The summed E-state index contributed by atoms with van der Waals surface area (Å²) in [6.45, 7) is 6.79. The zero-order chi connectivity index (χ0) is 22.2. The Morgan fingerprint density at radius 3 is 2.27 bits per heavy atom. The maximum Gasteiger partial charge on any atom is 0.221 e. The fraction of sp³-hybridized carbons (Fsp3) is 0.238. The highest BCUT2D eigenvalue weighted by atomic mass is 35.5. The molecule has 0 spiro atoms. The molecule has 0 fully saturated rings. The van der Waals surface area contributed by atoms with Crippen molar-refractivity contribution < 1.29 is 17.7 Å². The van der Waals surface area contributed by atoms with E-state index >= 15 is 0 Å². The average Bonchev–Trinajstić information content (AvgIpc) is 3.12. The number of carbonyl (C=O) groups excluding carboxylic acids is 1. The number of hydrogen-bond donors (Lipinski definition) is 1. The lowest BCUT2D eigenvalue weighted by Gasteiger charge is -2.16. The minimum Gasteiger partial charge on any atom is -0.364 e. The first-order valence-corrected chi connectivity index (χ1v) is 11.4. The van der Waals surface area contributed by atoms with E-state index in [9.17, 15) is 13.2 Å². The van der Waals surface area contributed by atoms with Crippen LogP contribution in [0.3, 0.4) is 0 Å². The maximum absolute atomic E-state index is 13.2. The molecule has 0 aliphatic heterocycles. The van der Waals surface area contributed by atoms with E-state index in [0.29, 0.717) is 26.9 Å². The third kappa shape index (κ3) is 4.10. The minimum absolute atomic E-state index is 0.0146. The standard InChI is InChI=1S/C21H20Cl2N2O4S/c1-11-18(12(2)20(23)13(3)19(11)22)21-15(9-29-25-21)10-30(27,28)17-8-6-5-7-16(17)24-14(4)26/h5-9H,10H2,1-4H3,(H,24,26). The Bertz CT molecular complexity index is 1220. The molecule has 0 radical (unpaired) electrons. The van der Waals surface area contributed by atoms with Crippen molar-refractivity contribution in [2.24, 2.45) is 0 Å². The quantitative estimate of drug-likeness (QED) is 0.535. The van der Waals surface area contributed by atoms with Gasteiger partial charge in [-0.25, -0.2) is 8.42 Å². The number of carbonyl (C=O) groups is 1. The number of rotatable bonds is 5. The van der Waals surface area contributed by atoms with E-state index in [1.54, 1.807) is 12.1 Å². The molecule has 158 valence electrons. The highest BCUT2D eigenvalue weighted by molar-refractivity contribution is 7.90. The zero-order valence-corrected chi connectivity index (χ0v) is 19.2. The molecular weight excluding hydrogens is 447 g/mol. The molecule has 1 heterocycles. The van der Waals surface area contributed by atoms with E-state index in [1.165, 1.54) is 25.3 Å². The lowest BCUT2D eigenvalue weighted by molar-refractivity contribution is -0.114. The maximum atomic E-state index is 13.2. The van der Waals surface area contributed by atoms with E-state index in [-0.39, 0.29) is 22.2 Å². The molecule has 0 atom stereocenters. The topological polar surface area (TPSA) is 89.3 Å². The van der Waals surface area contributed by atoms with Gasteiger partial charge in [-0.15, -0.1) is 0 Å². The third-order valence-electron chi connectivity index (χ3n) is 4.83. The van der Waals surface area contributed by atoms with Gasteiger partial charge in [-0.1, -0.05) is 40.5 Å². The van der Waals surface area contributed by atoms with E-state index in [0.717, 1.165) is 16.7 Å². The van der Waals surface area contributed by atoms with Gasteiger partial charge < -0.3 is 9.84 Å². The summed E-state index contributed by atoms with van der Waals surface area (Å²) in [6.07, 6.45) is 1.30. The molecule has 0 unspecified atom stereocenters. The molecule has 1 amide bonds. The molecule has 0 aliphatic carbocycles. The van der Waals surface area contributed by atoms with Gasteiger partial charge in [0.15, 0.2) is 9.84 Å². The normalized spacial score (nSPS) is 11.5. The Hall–Kier alpha value is -2.35. The summed E-state index contributed by atoms with van der Waals surface area (Å²) < 4.78 is 31.5. The molecular formula is C21H20Cl2N2O4S. The summed E-state index contributed by atoms with van der Waals surface area (Å²) in [5.41, 5.74) is 3.83. The van der Waals surface area contributed by atoms with Crippen molar-refractivity contribution in [1.82, 2.24) is 5.16 Å². The molecule has 0 bridgehead atoms. The van der Waals surface area contributed by atoms with Crippen molar-refractivity contribution in [3.05, 3.63) is 62.8 Å². The first-order chi connectivity index (χ1) is 14.0. The van der Waals surface area contributed by atoms with Crippen LogP contribution in [0.15, 0.2) is 39.9 Å². The molecule has 30 heavy (non-hydrogen) atoms. The van der Waals surface area contributed by atoms with Crippen molar-refractivity contribution in [2.45, 2.75) is 38.3 Å². The number of hydrogen-bond acceptors (Lipinski definition) is 5. The molecule has 2 aromatic carbocycles. The summed E-state index contributed by atoms with van der Waals surface area (Å²) >= 11 is 12.9. The Morgan fingerprint density at radius 2 is 1.67 bits per heavy atom. The van der Waals surface area contributed by atoms with Gasteiger partial charge >= 0.3 is 0 Å². The number of anilines is 1. The Morgan fingerprint density at radius 1 is 1.07 bits per heavy atom. The van der Waals surface area contributed by atoms with Crippen molar-refractivity contribution in [3.8, 4) is 11.3 Å². The first kappa shape index (κ1) is 22.3. The molecule has 0 aliphatic rings. The lowest BCUT2D eigenvalue weighted by atomic mass is 9.95. The molecule has 3 rings (SSSR count). The van der Waals surface area contributed by atoms with E-state index in [2.05, 4.69) is 10.5 Å². The SMILES string of the molecule is CC(=O)Nc1ccccc1S(=O)(=O)Cc1conc1-c1c(C)c(Cl)c(C)c(Cl)c1C. The van der Waals surface area contributed by atoms with Crippen LogP contribution in [0.1, 0.15) is 29.2 Å². The second-order valence-corrected chi connectivity index (χ2v) is 9.72. The van der Waals surface area contributed by atoms with Crippen LogP contribution in [0.2, 0.25) is 10.0 Å². The molecule has 9 heteroatoms. The minimum atomic E-state index is -3.82. The summed E-state index contributed by atoms with van der Waals surface area (Å²) in [6, 6.07) is 6.24. The van der Waals surface area contributed by atoms with Gasteiger partial charge in [0.25, 0.3) is 0 Å². The van der Waals surface area contributed by atoms with Gasteiger partial charge in [-0.05, 0) is 49.6 Å². The van der Waals surface area contributed by atoms with Crippen molar-refractivity contribution >= 4 is 44.6 Å². The summed E-state index contributed by atoms with van der Waals surface area (Å²) in [4.78, 5) is 11.5. The molecule has 1 N–H and O–H groups in total. The first-order valence-electron chi connectivity index (χ1n) is 9.02. The molecule has 6 nitrogen and oxygen atoms in total. The van der Waals surface area contributed by atoms with Gasteiger partial charge in [0.05, 0.1) is 16.3 Å². The average molecular weight is 467 g/mol. The molecule has 1 aromatic heterocycles. The molecule has 0 saturated heterocycles. The number of para-hydroxylation sites is 1. The lowest BCUT2D eigenvalue weighted by Crippen LogP contribution is -2.12. The summed E-state index contributed by atoms with van der Waals surface area (Å²) in [5, 5.41) is 7.58. The Balaban J connectivity index is 2.10. The Labute approximate surface area is 185 Å². The van der Waals surface area contributed by atoms with Crippen LogP contribution in [0.25, 0.3) is 11.3 Å². The van der Waals surface area contributed by atoms with Gasteiger partial charge in [-0.3, -0.25) is 4.79 Å². The molecule has 3 aromatic rings. The van der Waals surface area contributed by atoms with E-state index in [1.807, 2.05) is 20.8 Å². The second-order valence-electron chi connectivity index (χ2n) is 7.00. The van der Waals surface area contributed by atoms with Crippen molar-refractivity contribution in [1.29, 1.82) is 0 Å². The van der Waals surface area contributed by atoms with E-state index in [4.69, 9.17) is 27.7 Å². The fourth-order valence-electron chi connectivity index (χ4n) is 3.39. The van der Waals surface area contributed by atoms with Crippen LogP contribution >= 0.6 is 23.2 Å². The van der Waals surface area contributed by atoms with Gasteiger partial charge in [0.1, 0.15) is 12.0 Å². The van der Waals surface area contributed by atoms with E-state index < -0.39 is 9.84 Å². The third-order valence-corrected chi connectivity index (χ3v) is 7.68. The van der Waals surface area contributed by atoms with Gasteiger partial charge in [0, 0.05) is 28.1 Å². The largest absolute Gasteiger partial charge is 0.364 e. The highest BCUT2D eigenvalue weighted by Gasteiger charge is 2.26. The number of nitrogens with one attached hydrogen (secondary N) is 1. The number of amides is 1. The van der Waals surface area contributed by atoms with Crippen LogP contribution in [0.4, 0.5) is 5.69 Å². The Kier molecular flexibility index (Phi) is 6.26. The number of aromatic nitrogens is 1. The predicted octanol–water partition coefficient (Wildman–Crippen LogP) is 5.51. The van der Waals surface area contributed by atoms with Crippen LogP contribution in [0, 0.1) is 20.8 Å². The van der Waals surface area contributed by atoms with Gasteiger partial charge in [-0.2, -0.15) is 0 Å². The highest BCUT2D eigenvalue weighted by Crippen LogP contribution is 2.40. The monoisotopic (exact) mass is 466 g/mol. The smallest absolute Gasteiger partial charge is 0.221 e. The van der Waals surface area contributed by atoms with Crippen LogP contribution in [-0.4, -0.2) is 19.5 Å². The zero-order valence-electron chi connectivity index (χ0n) is 16.8. The number of benzene rings is 2. The number of sulfone groups is 1. The summed E-state index contributed by atoms with van der Waals surface area (Å²) in [5.74, 6) is -0.733. The van der Waals surface area contributed by atoms with Crippen LogP contribution in [0.5, 0.6) is 0 Å². The van der Waals surface area contributed by atoms with Crippen molar-refractivity contribution in [3.63, 3.8) is 0 Å². The second kappa shape index (κ2) is 8.41. The number of nitrogens with zero attached hydrogens (tertiary/aromatic N) is 1. The van der Waals surface area contributed by atoms with Gasteiger partial charge in [0.2, 0.25) is 5.91 Å². The number of halogens is 2. The molecule has 0 saturated carbocycles. The van der Waals surface area contributed by atoms with Crippen LogP contribution < -0.4 is 5.32 Å². The van der Waals surface area contributed by atoms with Crippen LogP contribution in [-0.2, 0) is 20.4 Å².